The fraction of sp³-hybridized carbons (Fsp3) is 0.222. The van der Waals surface area contributed by atoms with Crippen LogP contribution in [-0.4, -0.2) is 78.1 Å². The lowest BCUT2D eigenvalue weighted by molar-refractivity contribution is 0.332. The van der Waals surface area contributed by atoms with Gasteiger partial charge in [0.05, 0.1) is 30.7 Å². The summed E-state index contributed by atoms with van der Waals surface area (Å²) in [5.41, 5.74) is 6.11. The third kappa shape index (κ3) is 8.81. The Morgan fingerprint density at radius 2 is 0.936 bits per heavy atom. The minimum absolute atomic E-state index is 0.00485. The molecule has 402 valence electrons. The molecule has 0 bridgehead atoms. The number of hydrogen-bond donors (Lipinski definition) is 4. The molecule has 0 atom stereocenters. The Bertz CT molecular complexity index is 4600. The monoisotopic (exact) mass is 1130 g/mol. The molecule has 6 aliphatic rings. The first-order valence-corrected chi connectivity index (χ1v) is 30.4. The first kappa shape index (κ1) is 51.6. The first-order chi connectivity index (χ1) is 37.1. The molecular weight excluding hydrogens is 1090 g/mol. The second kappa shape index (κ2) is 18.8. The molecule has 0 radical (unpaired) electrons. The van der Waals surface area contributed by atoms with Crippen molar-refractivity contribution < 1.29 is 71.0 Å². The summed E-state index contributed by atoms with van der Waals surface area (Å²) in [6.07, 6.45) is 6.96. The van der Waals surface area contributed by atoms with Crippen molar-refractivity contribution in [2.45, 2.75) is 70.9 Å². The molecular formula is C54H46N4O16S4. The van der Waals surface area contributed by atoms with Gasteiger partial charge in [-0.1, -0.05) is 18.2 Å². The van der Waals surface area contributed by atoms with Crippen molar-refractivity contribution in [3.63, 3.8) is 0 Å². The van der Waals surface area contributed by atoms with Gasteiger partial charge in [0.1, 0.15) is 75.2 Å². The third-order valence-corrected chi connectivity index (χ3v) is 18.6. The van der Waals surface area contributed by atoms with Gasteiger partial charge in [0.15, 0.2) is 5.75 Å². The Kier molecular flexibility index (Phi) is 12.4. The minimum Gasteiger partial charge on any atom is -0.744 e. The highest BCUT2D eigenvalue weighted by Gasteiger charge is 2.35. The number of ether oxygens (including phenoxy) is 2. The maximum absolute atomic E-state index is 12.6. The summed E-state index contributed by atoms with van der Waals surface area (Å²) < 4.78 is 159. The Balaban J connectivity index is 0.000000157. The molecule has 6 aliphatic heterocycles. The molecule has 13 rings (SSSR count). The summed E-state index contributed by atoms with van der Waals surface area (Å²) in [5, 5.41) is 4.98. The molecule has 0 fully saturated rings. The van der Waals surface area contributed by atoms with Crippen LogP contribution in [0.3, 0.4) is 0 Å². The second-order valence-corrected chi connectivity index (χ2v) is 25.3. The predicted octanol–water partition coefficient (Wildman–Crippen LogP) is 2.81. The number of nitrogens with two attached hydrogens (primary N) is 2. The van der Waals surface area contributed by atoms with Crippen LogP contribution in [0.15, 0.2) is 117 Å². The summed E-state index contributed by atoms with van der Waals surface area (Å²) in [7, 11) is -19.9. The number of fused-ring (bicyclic) bond motifs is 8. The van der Waals surface area contributed by atoms with Gasteiger partial charge in [-0.15, -0.1) is 0 Å². The number of rotatable bonds is 8. The summed E-state index contributed by atoms with van der Waals surface area (Å²) in [4.78, 5) is 6.89. The third-order valence-electron chi connectivity index (χ3n) is 15.2. The molecule has 0 spiro atoms. The highest BCUT2D eigenvalue weighted by atomic mass is 32.2. The molecule has 0 saturated heterocycles. The molecule has 6 heterocycles. The quantitative estimate of drug-likeness (QED) is 0.0966. The molecule has 0 aliphatic carbocycles. The molecule has 0 aromatic heterocycles. The van der Waals surface area contributed by atoms with E-state index in [1.165, 1.54) is 12.1 Å². The molecule has 20 nitrogen and oxygen atoms in total. The van der Waals surface area contributed by atoms with Gasteiger partial charge in [-0.05, 0) is 104 Å². The molecule has 78 heavy (non-hydrogen) atoms. The average Bonchev–Trinajstić information content (AvgIpc) is 3.14. The van der Waals surface area contributed by atoms with Crippen molar-refractivity contribution in [1.82, 2.24) is 9.15 Å². The van der Waals surface area contributed by atoms with Gasteiger partial charge in [0, 0.05) is 92.1 Å². The Morgan fingerprint density at radius 3 is 1.44 bits per heavy atom. The van der Waals surface area contributed by atoms with Gasteiger partial charge in [-0.25, -0.2) is 26.0 Å². The van der Waals surface area contributed by atoms with E-state index in [-0.39, 0.29) is 11.1 Å². The van der Waals surface area contributed by atoms with Crippen molar-refractivity contribution in [3.8, 4) is 34.5 Å². The molecule has 24 heteroatoms. The molecule has 0 saturated carbocycles. The van der Waals surface area contributed by atoms with Crippen LogP contribution in [0.25, 0.3) is 21.9 Å². The number of benzene rings is 7. The minimum atomic E-state index is -5.18. The van der Waals surface area contributed by atoms with Crippen LogP contribution in [-0.2, 0) is 66.2 Å². The van der Waals surface area contributed by atoms with Crippen LogP contribution in [0, 0.1) is 0 Å². The summed E-state index contributed by atoms with van der Waals surface area (Å²) in [6, 6.07) is 23.6. The standard InChI is InChI=1S/C29H24N2O8S2.C25H22N2O8S2/c30-39-18-6-9-20-16(13-18)5-8-22-26(21-10-7-19(40(32,33)34)15-25(21)41(35,36)37)24-14-17-3-1-11-31-12-2-4-23(27(17)31)29(24)38-28(20)22;26-35-15-5-7-17-21(12-15)34-25-19-4-2-10-27-9-1-3-14(24(19)27)11-20(25)23(17)18-8-6-16(36(28,29)30)13-22(18)37(31,32)33/h5-10,13-15H,1-4,11-12,30H2,(H-,32,33,34,35,36,37);5-8,11-13H,1-4,9-10,26H2,(H-,28,29,30,31,32,33). The van der Waals surface area contributed by atoms with E-state index in [1.54, 1.807) is 42.5 Å². The van der Waals surface area contributed by atoms with Gasteiger partial charge in [-0.2, -0.15) is 28.6 Å². The predicted molar refractivity (Wildman–Crippen MR) is 278 cm³/mol. The Morgan fingerprint density at radius 1 is 0.487 bits per heavy atom. The van der Waals surface area contributed by atoms with E-state index < -0.39 is 60.1 Å². The van der Waals surface area contributed by atoms with E-state index in [1.807, 2.05) is 18.2 Å². The molecule has 0 amide bonds. The second-order valence-electron chi connectivity index (χ2n) is 19.7. The van der Waals surface area contributed by atoms with Crippen LogP contribution in [0.2, 0.25) is 0 Å². The smallest absolute Gasteiger partial charge is 0.294 e. The topological polar surface area (TPSA) is 318 Å². The summed E-state index contributed by atoms with van der Waals surface area (Å²) in [5.74, 6) is 13.4. The highest BCUT2D eigenvalue weighted by molar-refractivity contribution is 7.87. The Hall–Kier alpha value is -7.10. The maximum Gasteiger partial charge on any atom is 0.294 e. The maximum atomic E-state index is 12.6. The van der Waals surface area contributed by atoms with Crippen LogP contribution >= 0.6 is 0 Å². The molecule has 0 unspecified atom stereocenters. The van der Waals surface area contributed by atoms with E-state index in [9.17, 15) is 51.9 Å². The summed E-state index contributed by atoms with van der Waals surface area (Å²) in [6.45, 7) is 3.75. The van der Waals surface area contributed by atoms with Crippen LogP contribution in [0.5, 0.6) is 34.5 Å². The van der Waals surface area contributed by atoms with Gasteiger partial charge in [0.25, 0.3) is 20.2 Å². The molecule has 6 N–H and O–H groups in total. The van der Waals surface area contributed by atoms with E-state index >= 15 is 0 Å². The lowest BCUT2D eigenvalue weighted by atomic mass is 9.86. The van der Waals surface area contributed by atoms with Crippen LogP contribution in [0.4, 0.5) is 0 Å². The lowest BCUT2D eigenvalue weighted by Gasteiger charge is -2.28. The van der Waals surface area contributed by atoms with E-state index in [4.69, 9.17) is 30.9 Å². The van der Waals surface area contributed by atoms with Gasteiger partial charge in [-0.3, -0.25) is 9.11 Å². The zero-order chi connectivity index (χ0) is 54.8. The Labute approximate surface area is 446 Å². The average molecular weight is 1140 g/mol. The highest BCUT2D eigenvalue weighted by Crippen LogP contribution is 2.45. The van der Waals surface area contributed by atoms with Crippen molar-refractivity contribution >= 4 is 62.4 Å². The summed E-state index contributed by atoms with van der Waals surface area (Å²) >= 11 is 0. The fourth-order valence-electron chi connectivity index (χ4n) is 12.0. The SMILES string of the molecule is NOc1ccc2c(c1)Oc1c3c4c(cc1=C2c1ccc(S(=O)(=O)O)cc1S(=O)(=O)[O-])CCC[N+]=4CCC3.NOc1ccc2c3c(ccc2c1)C(c1ccc(S(=O)(=O)O)cc1S(=O)(=O)[O-])=c1cc2c4c(c1O3)CCC[N+]=4CCC2. The van der Waals surface area contributed by atoms with Crippen LogP contribution in [0.1, 0.15) is 70.2 Å². The number of aryl methyl sites for hydroxylation is 2. The zero-order valence-electron chi connectivity index (χ0n) is 41.0. The number of nitrogens with zero attached hydrogens (tertiary/aromatic N) is 2. The van der Waals surface area contributed by atoms with E-state index in [0.717, 1.165) is 128 Å². The van der Waals surface area contributed by atoms with E-state index in [0.29, 0.717) is 84.7 Å². The van der Waals surface area contributed by atoms with Crippen LogP contribution < -0.4 is 61.2 Å². The van der Waals surface area contributed by atoms with Gasteiger partial charge >= 0.3 is 0 Å². The van der Waals surface area contributed by atoms with E-state index in [2.05, 4.69) is 9.15 Å². The first-order valence-electron chi connectivity index (χ1n) is 24.7. The largest absolute Gasteiger partial charge is 0.744 e. The van der Waals surface area contributed by atoms with Crippen molar-refractivity contribution in [2.24, 2.45) is 11.8 Å². The molecule has 7 aromatic rings. The van der Waals surface area contributed by atoms with Gasteiger partial charge < -0.3 is 28.3 Å². The van der Waals surface area contributed by atoms with Gasteiger partial charge in [0.2, 0.25) is 10.7 Å². The van der Waals surface area contributed by atoms with Crippen molar-refractivity contribution in [3.05, 3.63) is 163 Å². The van der Waals surface area contributed by atoms with Crippen molar-refractivity contribution in [2.75, 3.05) is 26.2 Å². The fourth-order valence-corrected chi connectivity index (χ4v) is 14.6. The normalized spacial score (nSPS) is 16.2. The zero-order valence-corrected chi connectivity index (χ0v) is 44.3. The molecule has 7 aromatic carbocycles. The van der Waals surface area contributed by atoms with Crippen molar-refractivity contribution in [1.29, 1.82) is 0 Å². The lowest BCUT2D eigenvalue weighted by Crippen LogP contribution is -2.45. The number of hydrogen-bond acceptors (Lipinski definition) is 16.